The molecule has 0 spiro atoms. The molecule has 3 rings (SSSR count). The first kappa shape index (κ1) is 14.9. The molecule has 0 unspecified atom stereocenters. The zero-order valence-corrected chi connectivity index (χ0v) is 12.9. The van der Waals surface area contributed by atoms with Crippen molar-refractivity contribution in [3.05, 3.63) is 71.9 Å². The van der Waals surface area contributed by atoms with Crippen molar-refractivity contribution in [1.82, 2.24) is 9.78 Å². The van der Waals surface area contributed by atoms with E-state index in [9.17, 15) is 0 Å². The molecule has 3 aromatic rings. The first-order valence-electron chi connectivity index (χ1n) is 7.49. The van der Waals surface area contributed by atoms with Crippen LogP contribution in [-0.2, 0) is 6.54 Å². The summed E-state index contributed by atoms with van der Waals surface area (Å²) in [5, 5.41) is 13.5. The molecule has 4 heteroatoms. The van der Waals surface area contributed by atoms with Crippen molar-refractivity contribution in [2.45, 2.75) is 13.5 Å². The molecule has 2 aromatic carbocycles. The summed E-state index contributed by atoms with van der Waals surface area (Å²) in [7, 11) is 0. The van der Waals surface area contributed by atoms with Crippen LogP contribution in [0.25, 0.3) is 11.3 Å². The van der Waals surface area contributed by atoms with Gasteiger partial charge in [0.15, 0.2) is 0 Å². The quantitative estimate of drug-likeness (QED) is 0.720. The first-order valence-corrected chi connectivity index (χ1v) is 7.49. The van der Waals surface area contributed by atoms with E-state index < -0.39 is 0 Å². The van der Waals surface area contributed by atoms with Gasteiger partial charge in [-0.2, -0.15) is 10.4 Å². The smallest absolute Gasteiger partial charge is 0.120 e. The van der Waals surface area contributed by atoms with Gasteiger partial charge in [0, 0.05) is 11.3 Å². The normalized spacial score (nSPS) is 10.3. The van der Waals surface area contributed by atoms with Crippen molar-refractivity contribution in [2.24, 2.45) is 0 Å². The van der Waals surface area contributed by atoms with E-state index in [1.807, 2.05) is 41.9 Å². The Hall–Kier alpha value is -3.06. The second kappa shape index (κ2) is 6.80. The minimum atomic E-state index is 0.506. The van der Waals surface area contributed by atoms with Crippen molar-refractivity contribution in [1.29, 1.82) is 5.26 Å². The van der Waals surface area contributed by atoms with Crippen LogP contribution in [0.15, 0.2) is 60.7 Å². The van der Waals surface area contributed by atoms with Gasteiger partial charge in [-0.05, 0) is 31.2 Å². The highest BCUT2D eigenvalue weighted by Gasteiger charge is 2.06. The van der Waals surface area contributed by atoms with Gasteiger partial charge in [0.25, 0.3) is 0 Å². The summed E-state index contributed by atoms with van der Waals surface area (Å²) in [6.45, 7) is 3.21. The molecule has 0 saturated carbocycles. The summed E-state index contributed by atoms with van der Waals surface area (Å²) >= 11 is 0. The van der Waals surface area contributed by atoms with E-state index in [-0.39, 0.29) is 0 Å². The Morgan fingerprint density at radius 2 is 1.91 bits per heavy atom. The molecule has 1 aromatic heterocycles. The molecule has 114 valence electrons. The molecule has 0 atom stereocenters. The standard InChI is InChI=1S/C19H17N3O/c1-15-12-19(17-7-3-2-4-8-17)21-22(15)10-11-23-18-9-5-6-16(13-18)14-20/h2-9,12-13H,10-11H2,1H3. The van der Waals surface area contributed by atoms with E-state index in [1.54, 1.807) is 12.1 Å². The van der Waals surface area contributed by atoms with Crippen LogP contribution in [-0.4, -0.2) is 16.4 Å². The second-order valence-corrected chi connectivity index (χ2v) is 5.25. The summed E-state index contributed by atoms with van der Waals surface area (Å²) in [5.74, 6) is 0.706. The third-order valence-electron chi connectivity index (χ3n) is 3.59. The predicted molar refractivity (Wildman–Crippen MR) is 89.1 cm³/mol. The maximum Gasteiger partial charge on any atom is 0.120 e. The predicted octanol–water partition coefficient (Wildman–Crippen LogP) is 3.81. The number of nitriles is 1. The minimum absolute atomic E-state index is 0.506. The Bertz CT molecular complexity index is 831. The second-order valence-electron chi connectivity index (χ2n) is 5.25. The Kier molecular flexibility index (Phi) is 4.39. The molecule has 0 aliphatic heterocycles. The minimum Gasteiger partial charge on any atom is -0.492 e. The van der Waals surface area contributed by atoms with E-state index in [0.29, 0.717) is 24.5 Å². The van der Waals surface area contributed by atoms with E-state index >= 15 is 0 Å². The zero-order valence-electron chi connectivity index (χ0n) is 12.9. The summed E-state index contributed by atoms with van der Waals surface area (Å²) in [5.41, 5.74) is 3.77. The van der Waals surface area contributed by atoms with Crippen molar-refractivity contribution in [2.75, 3.05) is 6.61 Å². The van der Waals surface area contributed by atoms with Crippen LogP contribution in [0, 0.1) is 18.3 Å². The van der Waals surface area contributed by atoms with Crippen LogP contribution in [0.2, 0.25) is 0 Å². The lowest BCUT2D eigenvalue weighted by Crippen LogP contribution is -2.10. The molecule has 0 fully saturated rings. The number of nitrogens with zero attached hydrogens (tertiary/aromatic N) is 3. The topological polar surface area (TPSA) is 50.8 Å². The third kappa shape index (κ3) is 3.58. The van der Waals surface area contributed by atoms with Gasteiger partial charge in [0.05, 0.1) is 23.9 Å². The fraction of sp³-hybridized carbons (Fsp3) is 0.158. The Labute approximate surface area is 135 Å². The third-order valence-corrected chi connectivity index (χ3v) is 3.59. The van der Waals surface area contributed by atoms with E-state index in [0.717, 1.165) is 17.0 Å². The lowest BCUT2D eigenvalue weighted by Gasteiger charge is -2.07. The van der Waals surface area contributed by atoms with Gasteiger partial charge in [0.2, 0.25) is 0 Å². The average Bonchev–Trinajstić information content (AvgIpc) is 2.97. The van der Waals surface area contributed by atoms with Crippen LogP contribution in [0.3, 0.4) is 0 Å². The van der Waals surface area contributed by atoms with Gasteiger partial charge < -0.3 is 4.74 Å². The number of hydrogen-bond donors (Lipinski definition) is 0. The molecule has 0 radical (unpaired) electrons. The molecule has 0 saturated heterocycles. The highest BCUT2D eigenvalue weighted by molar-refractivity contribution is 5.58. The zero-order chi connectivity index (χ0) is 16.1. The van der Waals surface area contributed by atoms with Crippen LogP contribution >= 0.6 is 0 Å². The van der Waals surface area contributed by atoms with Crippen molar-refractivity contribution >= 4 is 0 Å². The molecule has 0 aliphatic carbocycles. The number of rotatable bonds is 5. The van der Waals surface area contributed by atoms with E-state index in [4.69, 9.17) is 10.00 Å². The summed E-state index contributed by atoms with van der Waals surface area (Å²) in [6.07, 6.45) is 0. The molecular formula is C19H17N3O. The summed E-state index contributed by atoms with van der Waals surface area (Å²) in [6, 6.07) is 21.5. The SMILES string of the molecule is Cc1cc(-c2ccccc2)nn1CCOc1cccc(C#N)c1. The van der Waals surface area contributed by atoms with E-state index in [1.165, 1.54) is 0 Å². The number of ether oxygens (including phenoxy) is 1. The van der Waals surface area contributed by atoms with Crippen LogP contribution in [0.4, 0.5) is 0 Å². The molecule has 23 heavy (non-hydrogen) atoms. The van der Waals surface area contributed by atoms with Gasteiger partial charge in [-0.1, -0.05) is 36.4 Å². The number of aryl methyl sites for hydroxylation is 1. The molecule has 4 nitrogen and oxygen atoms in total. The van der Waals surface area contributed by atoms with Crippen LogP contribution in [0.5, 0.6) is 5.75 Å². The van der Waals surface area contributed by atoms with Crippen LogP contribution in [0.1, 0.15) is 11.3 Å². The fourth-order valence-corrected chi connectivity index (χ4v) is 2.39. The van der Waals surface area contributed by atoms with Crippen molar-refractivity contribution in [3.63, 3.8) is 0 Å². The number of aromatic nitrogens is 2. The highest BCUT2D eigenvalue weighted by atomic mass is 16.5. The fourth-order valence-electron chi connectivity index (χ4n) is 2.39. The molecular weight excluding hydrogens is 286 g/mol. The molecule has 0 aliphatic rings. The van der Waals surface area contributed by atoms with Gasteiger partial charge >= 0.3 is 0 Å². The van der Waals surface area contributed by atoms with E-state index in [2.05, 4.69) is 29.4 Å². The summed E-state index contributed by atoms with van der Waals surface area (Å²) < 4.78 is 7.65. The monoisotopic (exact) mass is 303 g/mol. The maximum atomic E-state index is 8.89. The molecule has 0 amide bonds. The molecule has 0 N–H and O–H groups in total. The Morgan fingerprint density at radius 3 is 2.70 bits per heavy atom. The van der Waals surface area contributed by atoms with Gasteiger partial charge in [-0.25, -0.2) is 0 Å². The summed E-state index contributed by atoms with van der Waals surface area (Å²) in [4.78, 5) is 0. The largest absolute Gasteiger partial charge is 0.492 e. The first-order chi connectivity index (χ1) is 11.3. The number of benzene rings is 2. The van der Waals surface area contributed by atoms with Crippen molar-refractivity contribution < 1.29 is 4.74 Å². The Morgan fingerprint density at radius 1 is 1.09 bits per heavy atom. The van der Waals surface area contributed by atoms with Crippen LogP contribution < -0.4 is 4.74 Å². The van der Waals surface area contributed by atoms with Crippen molar-refractivity contribution in [3.8, 4) is 23.1 Å². The highest BCUT2D eigenvalue weighted by Crippen LogP contribution is 2.18. The average molecular weight is 303 g/mol. The lowest BCUT2D eigenvalue weighted by atomic mass is 10.1. The molecule has 0 bridgehead atoms. The number of hydrogen-bond acceptors (Lipinski definition) is 3. The maximum absolute atomic E-state index is 8.89. The van der Waals surface area contributed by atoms with Gasteiger partial charge in [0.1, 0.15) is 12.4 Å². The molecule has 1 heterocycles. The van der Waals surface area contributed by atoms with Gasteiger partial charge in [-0.3, -0.25) is 4.68 Å². The Balaban J connectivity index is 1.65. The van der Waals surface area contributed by atoms with Gasteiger partial charge in [-0.15, -0.1) is 0 Å². The lowest BCUT2D eigenvalue weighted by molar-refractivity contribution is 0.290.